The Balaban J connectivity index is 2.10. The van der Waals surface area contributed by atoms with Crippen molar-refractivity contribution < 1.29 is 9.72 Å². The SMILES string of the molecule is Cc1ccc([N+](=O)[O-])cc1C(=O)N(C)CC1CCCCN1. The zero-order valence-electron chi connectivity index (χ0n) is 12.5. The first-order valence-corrected chi connectivity index (χ1v) is 7.23. The number of non-ortho nitro benzene ring substituents is 1. The second-order valence-corrected chi connectivity index (χ2v) is 5.59. The van der Waals surface area contributed by atoms with E-state index in [0.29, 0.717) is 18.2 Å². The number of nitro benzene ring substituents is 1. The lowest BCUT2D eigenvalue weighted by atomic mass is 10.0. The molecule has 6 nitrogen and oxygen atoms in total. The maximum Gasteiger partial charge on any atom is 0.270 e. The van der Waals surface area contributed by atoms with Crippen molar-refractivity contribution >= 4 is 11.6 Å². The number of nitrogens with zero attached hydrogens (tertiary/aromatic N) is 2. The maximum absolute atomic E-state index is 12.5. The van der Waals surface area contributed by atoms with E-state index in [2.05, 4.69) is 5.32 Å². The van der Waals surface area contributed by atoms with Gasteiger partial charge in [-0.25, -0.2) is 0 Å². The maximum atomic E-state index is 12.5. The molecular formula is C15H21N3O3. The van der Waals surface area contributed by atoms with Gasteiger partial charge in [0.15, 0.2) is 0 Å². The van der Waals surface area contributed by atoms with Crippen LogP contribution in [0.15, 0.2) is 18.2 Å². The molecule has 1 heterocycles. The molecular weight excluding hydrogens is 270 g/mol. The standard InChI is InChI=1S/C15H21N3O3/c1-11-6-7-13(18(20)21)9-14(11)15(19)17(2)10-12-5-3-4-8-16-12/h6-7,9,12,16H,3-5,8,10H2,1-2H3. The zero-order valence-corrected chi connectivity index (χ0v) is 12.5. The van der Waals surface area contributed by atoms with Crippen LogP contribution in [0.4, 0.5) is 5.69 Å². The lowest BCUT2D eigenvalue weighted by Crippen LogP contribution is -2.44. The Morgan fingerprint density at radius 3 is 2.86 bits per heavy atom. The number of hydrogen-bond donors (Lipinski definition) is 1. The van der Waals surface area contributed by atoms with Gasteiger partial charge in [0, 0.05) is 37.3 Å². The lowest BCUT2D eigenvalue weighted by molar-refractivity contribution is -0.384. The Morgan fingerprint density at radius 2 is 2.24 bits per heavy atom. The second kappa shape index (κ2) is 6.67. The van der Waals surface area contributed by atoms with E-state index in [0.717, 1.165) is 18.5 Å². The molecule has 0 bridgehead atoms. The number of benzene rings is 1. The number of piperidine rings is 1. The van der Waals surface area contributed by atoms with Gasteiger partial charge < -0.3 is 10.2 Å². The van der Waals surface area contributed by atoms with Gasteiger partial charge in [-0.3, -0.25) is 14.9 Å². The van der Waals surface area contributed by atoms with Gasteiger partial charge in [0.2, 0.25) is 0 Å². The average Bonchev–Trinajstić information content (AvgIpc) is 2.47. The molecule has 2 rings (SSSR count). The van der Waals surface area contributed by atoms with Crippen molar-refractivity contribution in [1.29, 1.82) is 0 Å². The molecule has 1 N–H and O–H groups in total. The molecule has 1 aromatic rings. The minimum atomic E-state index is -0.473. The number of rotatable bonds is 4. The third-order valence-electron chi connectivity index (χ3n) is 3.92. The topological polar surface area (TPSA) is 75.5 Å². The van der Waals surface area contributed by atoms with E-state index in [9.17, 15) is 14.9 Å². The van der Waals surface area contributed by atoms with Gasteiger partial charge in [-0.05, 0) is 31.9 Å². The number of nitrogens with one attached hydrogen (secondary N) is 1. The minimum Gasteiger partial charge on any atom is -0.340 e. The zero-order chi connectivity index (χ0) is 15.4. The third-order valence-corrected chi connectivity index (χ3v) is 3.92. The highest BCUT2D eigenvalue weighted by Gasteiger charge is 2.21. The first-order valence-electron chi connectivity index (χ1n) is 7.23. The van der Waals surface area contributed by atoms with Gasteiger partial charge >= 0.3 is 0 Å². The van der Waals surface area contributed by atoms with E-state index in [-0.39, 0.29) is 11.6 Å². The number of hydrogen-bond acceptors (Lipinski definition) is 4. The number of nitro groups is 1. The summed E-state index contributed by atoms with van der Waals surface area (Å²) in [6.45, 7) is 3.41. The van der Waals surface area contributed by atoms with Crippen LogP contribution in [0, 0.1) is 17.0 Å². The molecule has 0 aliphatic carbocycles. The third kappa shape index (κ3) is 3.78. The summed E-state index contributed by atoms with van der Waals surface area (Å²) in [6, 6.07) is 4.72. The van der Waals surface area contributed by atoms with Crippen LogP contribution in [0.5, 0.6) is 0 Å². The second-order valence-electron chi connectivity index (χ2n) is 5.59. The predicted molar refractivity (Wildman–Crippen MR) is 80.4 cm³/mol. The van der Waals surface area contributed by atoms with Crippen LogP contribution in [0.3, 0.4) is 0 Å². The first-order chi connectivity index (χ1) is 9.99. The van der Waals surface area contributed by atoms with Crippen molar-refractivity contribution in [2.24, 2.45) is 0 Å². The van der Waals surface area contributed by atoms with Crippen molar-refractivity contribution in [3.8, 4) is 0 Å². The summed E-state index contributed by atoms with van der Waals surface area (Å²) in [5, 5.41) is 14.2. The highest BCUT2D eigenvalue weighted by Crippen LogP contribution is 2.19. The van der Waals surface area contributed by atoms with E-state index in [1.807, 2.05) is 0 Å². The van der Waals surface area contributed by atoms with Gasteiger partial charge in [-0.2, -0.15) is 0 Å². The molecule has 1 fully saturated rings. The van der Waals surface area contributed by atoms with Crippen LogP contribution in [0.2, 0.25) is 0 Å². The molecule has 1 unspecified atom stereocenters. The monoisotopic (exact) mass is 291 g/mol. The Kier molecular flexibility index (Phi) is 4.90. The van der Waals surface area contributed by atoms with Crippen molar-refractivity contribution in [2.75, 3.05) is 20.1 Å². The van der Waals surface area contributed by atoms with Gasteiger partial charge in [0.05, 0.1) is 4.92 Å². The summed E-state index contributed by atoms with van der Waals surface area (Å²) in [5.74, 6) is -0.163. The number of amides is 1. The average molecular weight is 291 g/mol. The van der Waals surface area contributed by atoms with Crippen LogP contribution in [-0.2, 0) is 0 Å². The smallest absolute Gasteiger partial charge is 0.270 e. The molecule has 1 atom stereocenters. The van der Waals surface area contributed by atoms with Crippen molar-refractivity contribution in [2.45, 2.75) is 32.2 Å². The molecule has 1 aliphatic heterocycles. The molecule has 6 heteroatoms. The van der Waals surface area contributed by atoms with E-state index in [1.165, 1.54) is 25.0 Å². The van der Waals surface area contributed by atoms with Crippen LogP contribution >= 0.6 is 0 Å². The summed E-state index contributed by atoms with van der Waals surface area (Å²) < 4.78 is 0. The van der Waals surface area contributed by atoms with Crippen molar-refractivity contribution in [3.63, 3.8) is 0 Å². The van der Waals surface area contributed by atoms with E-state index in [1.54, 1.807) is 24.9 Å². The summed E-state index contributed by atoms with van der Waals surface area (Å²) in [4.78, 5) is 24.5. The number of aryl methyl sites for hydroxylation is 1. The Hall–Kier alpha value is -1.95. The Labute approximate surface area is 124 Å². The predicted octanol–water partition coefficient (Wildman–Crippen LogP) is 2.12. The highest BCUT2D eigenvalue weighted by molar-refractivity contribution is 5.96. The fourth-order valence-corrected chi connectivity index (χ4v) is 2.65. The van der Waals surface area contributed by atoms with Gasteiger partial charge in [-0.15, -0.1) is 0 Å². The summed E-state index contributed by atoms with van der Waals surface area (Å²) >= 11 is 0. The van der Waals surface area contributed by atoms with Crippen LogP contribution in [-0.4, -0.2) is 41.9 Å². The minimum absolute atomic E-state index is 0.0480. The highest BCUT2D eigenvalue weighted by atomic mass is 16.6. The Morgan fingerprint density at radius 1 is 1.48 bits per heavy atom. The molecule has 21 heavy (non-hydrogen) atoms. The van der Waals surface area contributed by atoms with Crippen LogP contribution in [0.1, 0.15) is 35.2 Å². The van der Waals surface area contributed by atoms with Crippen LogP contribution in [0.25, 0.3) is 0 Å². The first kappa shape index (κ1) is 15.4. The fraction of sp³-hybridized carbons (Fsp3) is 0.533. The molecule has 1 saturated heterocycles. The summed E-state index contributed by atoms with van der Waals surface area (Å²) in [5.41, 5.74) is 1.12. The quantitative estimate of drug-likeness (QED) is 0.681. The molecule has 0 aromatic heterocycles. The fourth-order valence-electron chi connectivity index (χ4n) is 2.65. The van der Waals surface area contributed by atoms with Crippen LogP contribution < -0.4 is 5.32 Å². The van der Waals surface area contributed by atoms with Gasteiger partial charge in [0.1, 0.15) is 0 Å². The molecule has 1 amide bonds. The molecule has 0 spiro atoms. The molecule has 1 aromatic carbocycles. The summed E-state index contributed by atoms with van der Waals surface area (Å²) in [7, 11) is 1.75. The van der Waals surface area contributed by atoms with Crippen molar-refractivity contribution in [1.82, 2.24) is 10.2 Å². The molecule has 0 saturated carbocycles. The number of carbonyl (C=O) groups excluding carboxylic acids is 1. The van der Waals surface area contributed by atoms with Crippen molar-refractivity contribution in [3.05, 3.63) is 39.4 Å². The van der Waals surface area contributed by atoms with E-state index >= 15 is 0 Å². The van der Waals surface area contributed by atoms with Gasteiger partial charge in [0.25, 0.3) is 11.6 Å². The number of likely N-dealkylation sites (N-methyl/N-ethyl adjacent to an activating group) is 1. The van der Waals surface area contributed by atoms with E-state index < -0.39 is 4.92 Å². The Bertz CT molecular complexity index is 539. The largest absolute Gasteiger partial charge is 0.340 e. The molecule has 114 valence electrons. The normalized spacial score (nSPS) is 18.3. The van der Waals surface area contributed by atoms with E-state index in [4.69, 9.17) is 0 Å². The van der Waals surface area contributed by atoms with Gasteiger partial charge in [-0.1, -0.05) is 12.5 Å². The number of carbonyl (C=O) groups is 1. The molecule has 0 radical (unpaired) electrons. The lowest BCUT2D eigenvalue weighted by Gasteiger charge is -2.28. The molecule has 1 aliphatic rings. The summed E-state index contributed by atoms with van der Waals surface area (Å²) in [6.07, 6.45) is 3.42.